The SMILES string of the molecule is COc1ccc2c(c1)[C@H]1OCC3(CCN(C(=O)c4cccc5c4OCCO5)CC3)C[C@@H]1C(C)(C)O2. The molecule has 1 spiro atoms. The number of amides is 1. The quantitative estimate of drug-likeness (QED) is 0.625. The minimum Gasteiger partial charge on any atom is -0.497 e. The fraction of sp³-hybridized carbons (Fsp3) is 0.536. The monoisotopic (exact) mass is 479 g/mol. The third-order valence-electron chi connectivity index (χ3n) is 8.28. The summed E-state index contributed by atoms with van der Waals surface area (Å²) < 4.78 is 30.0. The maximum atomic E-state index is 13.4. The van der Waals surface area contributed by atoms with Gasteiger partial charge in [-0.15, -0.1) is 0 Å². The molecule has 0 radical (unpaired) electrons. The lowest BCUT2D eigenvalue weighted by Gasteiger charge is -2.54. The molecule has 0 saturated carbocycles. The third kappa shape index (κ3) is 3.80. The average Bonchev–Trinajstić information content (AvgIpc) is 2.88. The van der Waals surface area contributed by atoms with E-state index in [1.54, 1.807) is 7.11 Å². The highest BCUT2D eigenvalue weighted by Gasteiger charge is 2.53. The number of methoxy groups -OCH3 is 1. The van der Waals surface area contributed by atoms with Crippen molar-refractivity contribution in [3.63, 3.8) is 0 Å². The number of carbonyl (C=O) groups excluding carboxylic acids is 1. The van der Waals surface area contributed by atoms with Crippen LogP contribution in [0.15, 0.2) is 36.4 Å². The molecular weight excluding hydrogens is 446 g/mol. The summed E-state index contributed by atoms with van der Waals surface area (Å²) in [4.78, 5) is 15.4. The molecule has 0 aliphatic carbocycles. The number of hydrogen-bond donors (Lipinski definition) is 0. The highest BCUT2D eigenvalue weighted by molar-refractivity contribution is 5.98. The molecule has 4 aliphatic heterocycles. The Morgan fingerprint density at radius 1 is 1.06 bits per heavy atom. The second-order valence-corrected chi connectivity index (χ2v) is 10.8. The zero-order chi connectivity index (χ0) is 24.2. The molecule has 0 bridgehead atoms. The van der Waals surface area contributed by atoms with Crippen LogP contribution in [0.3, 0.4) is 0 Å². The molecular formula is C28H33NO6. The number of nitrogens with zero attached hydrogens (tertiary/aromatic N) is 1. The Kier molecular flexibility index (Phi) is 5.36. The Morgan fingerprint density at radius 2 is 1.86 bits per heavy atom. The van der Waals surface area contributed by atoms with Gasteiger partial charge in [-0.1, -0.05) is 6.07 Å². The van der Waals surface area contributed by atoms with Crippen LogP contribution in [0.2, 0.25) is 0 Å². The van der Waals surface area contributed by atoms with E-state index in [2.05, 4.69) is 13.8 Å². The fourth-order valence-electron chi connectivity index (χ4n) is 6.21. The third-order valence-corrected chi connectivity index (χ3v) is 8.28. The zero-order valence-electron chi connectivity index (χ0n) is 20.7. The summed E-state index contributed by atoms with van der Waals surface area (Å²) in [6.07, 6.45) is 2.83. The first-order valence-electron chi connectivity index (χ1n) is 12.6. The van der Waals surface area contributed by atoms with Crippen LogP contribution in [-0.2, 0) is 4.74 Å². The van der Waals surface area contributed by atoms with E-state index in [4.69, 9.17) is 23.7 Å². The first kappa shape index (κ1) is 22.5. The minimum absolute atomic E-state index is 0.0119. The number of piperidine rings is 1. The van der Waals surface area contributed by atoms with Crippen LogP contribution in [0.1, 0.15) is 55.1 Å². The van der Waals surface area contributed by atoms with E-state index in [-0.39, 0.29) is 28.9 Å². The van der Waals surface area contributed by atoms with Gasteiger partial charge in [-0.05, 0) is 68.9 Å². The first-order chi connectivity index (χ1) is 16.9. The maximum absolute atomic E-state index is 13.4. The van der Waals surface area contributed by atoms with Crippen molar-refractivity contribution < 1.29 is 28.5 Å². The summed E-state index contributed by atoms with van der Waals surface area (Å²) in [7, 11) is 1.68. The lowest BCUT2D eigenvalue weighted by Crippen LogP contribution is -2.54. The van der Waals surface area contributed by atoms with Gasteiger partial charge in [0.15, 0.2) is 11.5 Å². The predicted octanol–water partition coefficient (Wildman–Crippen LogP) is 4.64. The van der Waals surface area contributed by atoms with Crippen LogP contribution in [0, 0.1) is 11.3 Å². The van der Waals surface area contributed by atoms with Crippen LogP contribution >= 0.6 is 0 Å². The molecule has 186 valence electrons. The van der Waals surface area contributed by atoms with E-state index in [0.29, 0.717) is 50.0 Å². The Labute approximate surface area is 206 Å². The van der Waals surface area contributed by atoms with Crippen molar-refractivity contribution in [1.29, 1.82) is 0 Å². The van der Waals surface area contributed by atoms with Gasteiger partial charge in [0.05, 0.1) is 25.4 Å². The number of benzene rings is 2. The van der Waals surface area contributed by atoms with E-state index < -0.39 is 0 Å². The molecule has 0 aromatic heterocycles. The summed E-state index contributed by atoms with van der Waals surface area (Å²) in [5.74, 6) is 3.16. The number of rotatable bonds is 2. The fourth-order valence-corrected chi connectivity index (χ4v) is 6.21. The normalized spacial score (nSPS) is 25.7. The van der Waals surface area contributed by atoms with Gasteiger partial charge in [-0.25, -0.2) is 0 Å². The highest BCUT2D eigenvalue weighted by atomic mass is 16.6. The number of para-hydroxylation sites is 1. The van der Waals surface area contributed by atoms with Gasteiger partial charge in [0, 0.05) is 24.6 Å². The van der Waals surface area contributed by atoms with E-state index in [0.717, 1.165) is 36.3 Å². The Hall–Kier alpha value is -2.93. The van der Waals surface area contributed by atoms with Gasteiger partial charge in [-0.2, -0.15) is 0 Å². The summed E-state index contributed by atoms with van der Waals surface area (Å²) in [5.41, 5.74) is 1.37. The number of carbonyl (C=O) groups is 1. The Morgan fingerprint density at radius 3 is 2.66 bits per heavy atom. The zero-order valence-corrected chi connectivity index (χ0v) is 20.7. The van der Waals surface area contributed by atoms with E-state index >= 15 is 0 Å². The van der Waals surface area contributed by atoms with Crippen LogP contribution < -0.4 is 18.9 Å². The molecule has 2 saturated heterocycles. The Bertz CT molecular complexity index is 1140. The molecule has 2 fully saturated rings. The van der Waals surface area contributed by atoms with Crippen LogP contribution in [0.5, 0.6) is 23.0 Å². The van der Waals surface area contributed by atoms with Gasteiger partial charge < -0.3 is 28.6 Å². The van der Waals surface area contributed by atoms with Gasteiger partial charge in [0.25, 0.3) is 5.91 Å². The highest BCUT2D eigenvalue weighted by Crippen LogP contribution is 2.56. The van der Waals surface area contributed by atoms with Crippen molar-refractivity contribution in [3.8, 4) is 23.0 Å². The van der Waals surface area contributed by atoms with Gasteiger partial charge in [0.1, 0.15) is 30.3 Å². The van der Waals surface area contributed by atoms with Crippen molar-refractivity contribution in [2.24, 2.45) is 11.3 Å². The van der Waals surface area contributed by atoms with Gasteiger partial charge >= 0.3 is 0 Å². The van der Waals surface area contributed by atoms with E-state index in [1.165, 1.54) is 0 Å². The maximum Gasteiger partial charge on any atom is 0.257 e. The molecule has 2 aromatic rings. The lowest BCUT2D eigenvalue weighted by molar-refractivity contribution is -0.173. The van der Waals surface area contributed by atoms with Crippen molar-refractivity contribution in [2.75, 3.05) is 40.0 Å². The average molecular weight is 480 g/mol. The van der Waals surface area contributed by atoms with Crippen LogP contribution in [0.25, 0.3) is 0 Å². The summed E-state index contributed by atoms with van der Waals surface area (Å²) >= 11 is 0. The van der Waals surface area contributed by atoms with Crippen molar-refractivity contribution >= 4 is 5.91 Å². The molecule has 1 amide bonds. The first-order valence-corrected chi connectivity index (χ1v) is 12.6. The number of fused-ring (bicyclic) bond motifs is 4. The molecule has 4 aliphatic rings. The summed E-state index contributed by atoms with van der Waals surface area (Å²) in [6.45, 7) is 7.41. The summed E-state index contributed by atoms with van der Waals surface area (Å²) in [6, 6.07) is 11.5. The minimum atomic E-state index is -0.340. The second-order valence-electron chi connectivity index (χ2n) is 10.8. The van der Waals surface area contributed by atoms with Crippen molar-refractivity contribution in [1.82, 2.24) is 4.90 Å². The van der Waals surface area contributed by atoms with Crippen molar-refractivity contribution in [3.05, 3.63) is 47.5 Å². The van der Waals surface area contributed by atoms with Gasteiger partial charge in [-0.3, -0.25) is 4.79 Å². The van der Waals surface area contributed by atoms with Crippen LogP contribution in [-0.4, -0.2) is 56.4 Å². The molecule has 7 heteroatoms. The smallest absolute Gasteiger partial charge is 0.257 e. The predicted molar refractivity (Wildman–Crippen MR) is 130 cm³/mol. The molecule has 4 heterocycles. The van der Waals surface area contributed by atoms with Crippen LogP contribution in [0.4, 0.5) is 0 Å². The molecule has 2 aromatic carbocycles. The van der Waals surface area contributed by atoms with Crippen molar-refractivity contribution in [2.45, 2.75) is 44.8 Å². The Balaban J connectivity index is 1.18. The molecule has 0 unspecified atom stereocenters. The second kappa shape index (κ2) is 8.33. The standard InChI is InChI=1S/C28H33NO6/c1-27(2)21-16-28(17-34-24(21)20-15-18(31-3)7-8-22(20)35-27)9-11-29(12-10-28)26(30)19-5-4-6-23-25(19)33-14-13-32-23/h4-8,15,21,24H,9-14,16-17H2,1-3H3/t21-,24+/m0/s1. The molecule has 0 N–H and O–H groups in total. The lowest BCUT2D eigenvalue weighted by atomic mass is 9.64. The summed E-state index contributed by atoms with van der Waals surface area (Å²) in [5, 5.41) is 0. The molecule has 2 atom stereocenters. The largest absolute Gasteiger partial charge is 0.497 e. The molecule has 7 nitrogen and oxygen atoms in total. The number of likely N-dealkylation sites (tertiary alicyclic amines) is 1. The van der Waals surface area contributed by atoms with E-state index in [9.17, 15) is 4.79 Å². The molecule has 6 rings (SSSR count). The topological polar surface area (TPSA) is 66.5 Å². The molecule has 35 heavy (non-hydrogen) atoms. The van der Waals surface area contributed by atoms with E-state index in [1.807, 2.05) is 41.3 Å². The van der Waals surface area contributed by atoms with Gasteiger partial charge in [0.2, 0.25) is 0 Å². The number of ether oxygens (including phenoxy) is 5. The number of hydrogen-bond acceptors (Lipinski definition) is 6.